The molecule has 2 aliphatic heterocycles. The molecule has 5 N–H and O–H groups in total. The van der Waals surface area contributed by atoms with E-state index in [-0.39, 0.29) is 20.8 Å². The predicted molar refractivity (Wildman–Crippen MR) is 187 cm³/mol. The van der Waals surface area contributed by atoms with Gasteiger partial charge in [-0.15, -0.1) is 0 Å². The van der Waals surface area contributed by atoms with Gasteiger partial charge in [0.15, 0.2) is 0 Å². The van der Waals surface area contributed by atoms with Crippen LogP contribution in [0.2, 0.25) is 0 Å². The summed E-state index contributed by atoms with van der Waals surface area (Å²) in [6.45, 7) is 0. The lowest BCUT2D eigenvalue weighted by molar-refractivity contribution is 0.481. The smallest absolute Gasteiger partial charge is 0.296 e. The highest BCUT2D eigenvalue weighted by molar-refractivity contribution is 9.10. The van der Waals surface area contributed by atoms with Crippen LogP contribution in [0.4, 0.5) is 0 Å². The van der Waals surface area contributed by atoms with Crippen molar-refractivity contribution in [1.29, 1.82) is 0 Å². The Labute approximate surface area is 287 Å². The minimum Gasteiger partial charge on any atom is -0.355 e. The zero-order valence-electron chi connectivity index (χ0n) is 24.5. The van der Waals surface area contributed by atoms with E-state index in [1.165, 1.54) is 60.7 Å². The molecule has 0 saturated carbocycles. The van der Waals surface area contributed by atoms with E-state index in [0.717, 1.165) is 0 Å². The number of nitrogens with zero attached hydrogens (tertiary/aromatic N) is 2. The average Bonchev–Trinajstić information content (AvgIpc) is 3.85. The SMILES string of the molecule is O=S(=O)(O)c1ccc(-c2c3nc(c(Br)c4nc(c(-c5ccc(S(=O)(=O)O)cc5)c5cc(S(=O)(=O)O)c(cc6ccc2[nH]6)[nH]5)C=C4)C=C3)cc1. The highest BCUT2D eigenvalue weighted by Gasteiger charge is 2.21. The Hall–Kier alpha value is -4.75. The highest BCUT2D eigenvalue weighted by Crippen LogP contribution is 2.36. The van der Waals surface area contributed by atoms with E-state index in [2.05, 4.69) is 25.9 Å². The summed E-state index contributed by atoms with van der Waals surface area (Å²) in [5, 5.41) is 0. The van der Waals surface area contributed by atoms with Gasteiger partial charge in [-0.1, -0.05) is 24.3 Å². The van der Waals surface area contributed by atoms with Crippen molar-refractivity contribution in [2.75, 3.05) is 0 Å². The molecule has 2 aliphatic rings. The van der Waals surface area contributed by atoms with Crippen LogP contribution in [0.3, 0.4) is 0 Å². The van der Waals surface area contributed by atoms with Gasteiger partial charge in [-0.05, 0) is 99.9 Å². The maximum atomic E-state index is 12.6. The molecule has 0 fully saturated rings. The maximum absolute atomic E-state index is 12.6. The Balaban J connectivity index is 1.60. The summed E-state index contributed by atoms with van der Waals surface area (Å²) < 4.78 is 102. The molecule has 248 valence electrons. The summed E-state index contributed by atoms with van der Waals surface area (Å²) in [4.78, 5) is 14.8. The molecular weight excluding hydrogens is 760 g/mol. The number of nitrogens with one attached hydrogen (secondary N) is 2. The molecule has 7 rings (SSSR count). The van der Waals surface area contributed by atoms with E-state index in [1.807, 2.05) is 0 Å². The molecule has 0 saturated heterocycles. The molecule has 5 aromatic rings. The van der Waals surface area contributed by atoms with E-state index in [0.29, 0.717) is 60.5 Å². The number of hydrogen-bond acceptors (Lipinski definition) is 8. The molecule has 0 amide bonds. The third-order valence-electron chi connectivity index (χ3n) is 7.76. The summed E-state index contributed by atoms with van der Waals surface area (Å²) in [5.41, 5.74) is 4.86. The number of fused-ring (bicyclic) bond motifs is 8. The second kappa shape index (κ2) is 11.7. The predicted octanol–water partition coefficient (Wildman–Crippen LogP) is 6.49. The molecule has 5 heterocycles. The molecule has 0 spiro atoms. The number of aromatic nitrogens is 4. The molecule has 2 aromatic carbocycles. The molecule has 49 heavy (non-hydrogen) atoms. The van der Waals surface area contributed by atoms with Crippen molar-refractivity contribution >= 4 is 92.7 Å². The lowest BCUT2D eigenvalue weighted by Crippen LogP contribution is -1.97. The first-order chi connectivity index (χ1) is 23.1. The molecule has 0 radical (unpaired) electrons. The van der Waals surface area contributed by atoms with Gasteiger partial charge in [-0.25, -0.2) is 9.97 Å². The van der Waals surface area contributed by atoms with Crippen LogP contribution in [0, 0.1) is 0 Å². The summed E-state index contributed by atoms with van der Waals surface area (Å²) >= 11 is 3.60. The molecule has 17 heteroatoms. The lowest BCUT2D eigenvalue weighted by atomic mass is 10.0. The number of hydrogen-bond donors (Lipinski definition) is 5. The third-order valence-corrected chi connectivity index (χ3v) is 11.2. The first-order valence-corrected chi connectivity index (χ1v) is 19.1. The zero-order chi connectivity index (χ0) is 34.9. The number of rotatable bonds is 5. The highest BCUT2D eigenvalue weighted by atomic mass is 79.9. The third kappa shape index (κ3) is 6.28. The van der Waals surface area contributed by atoms with E-state index in [4.69, 9.17) is 9.97 Å². The molecule has 0 unspecified atom stereocenters. The molecule has 8 bridgehead atoms. The number of aromatic amines is 2. The Bertz CT molecular complexity index is 2790. The first-order valence-electron chi connectivity index (χ1n) is 14.0. The largest absolute Gasteiger partial charge is 0.355 e. The van der Waals surface area contributed by atoms with Gasteiger partial charge < -0.3 is 9.97 Å². The van der Waals surface area contributed by atoms with Crippen LogP contribution in [-0.4, -0.2) is 58.8 Å². The van der Waals surface area contributed by atoms with Crippen molar-refractivity contribution in [3.05, 3.63) is 100 Å². The fourth-order valence-electron chi connectivity index (χ4n) is 5.55. The quantitative estimate of drug-likeness (QED) is 0.119. The van der Waals surface area contributed by atoms with Crippen LogP contribution in [0.5, 0.6) is 0 Å². The van der Waals surface area contributed by atoms with E-state index in [1.54, 1.807) is 36.4 Å². The van der Waals surface area contributed by atoms with Gasteiger partial charge in [0.2, 0.25) is 0 Å². The molecule has 3 aromatic heterocycles. The van der Waals surface area contributed by atoms with Crippen molar-refractivity contribution in [2.24, 2.45) is 0 Å². The maximum Gasteiger partial charge on any atom is 0.296 e. The van der Waals surface area contributed by atoms with Crippen LogP contribution in [0.15, 0.2) is 92.0 Å². The van der Waals surface area contributed by atoms with E-state index < -0.39 is 35.2 Å². The second-order valence-corrected chi connectivity index (χ2v) is 15.9. The van der Waals surface area contributed by atoms with E-state index >= 15 is 0 Å². The Morgan fingerprint density at radius 2 is 0.980 bits per heavy atom. The van der Waals surface area contributed by atoms with Crippen molar-refractivity contribution < 1.29 is 38.9 Å². The van der Waals surface area contributed by atoms with Gasteiger partial charge >= 0.3 is 0 Å². The van der Waals surface area contributed by atoms with Crippen LogP contribution < -0.4 is 0 Å². The lowest BCUT2D eigenvalue weighted by Gasteiger charge is -2.05. The zero-order valence-corrected chi connectivity index (χ0v) is 28.6. The number of H-pyrrole nitrogens is 2. The van der Waals surface area contributed by atoms with Crippen LogP contribution in [0.25, 0.3) is 68.6 Å². The van der Waals surface area contributed by atoms with Crippen molar-refractivity contribution in [3.63, 3.8) is 0 Å². The second-order valence-electron chi connectivity index (χ2n) is 10.9. The Kier molecular flexibility index (Phi) is 7.82. The molecule has 13 nitrogen and oxygen atoms in total. The van der Waals surface area contributed by atoms with Gasteiger partial charge in [0, 0.05) is 22.2 Å². The van der Waals surface area contributed by atoms with Crippen LogP contribution in [0.1, 0.15) is 22.8 Å². The molecular formula is C32H21BrN4O9S3. The molecule has 0 atom stereocenters. The minimum absolute atomic E-state index is 0.0114. The topological polar surface area (TPSA) is 220 Å². The standard InChI is InChI=1S/C32H21BrN4O9S3/c33-32-25-13-11-23(35-25)30(17-1-6-20(7-2-17)47(38,39)40)22-10-5-19(34-22)15-27-29(49(44,45)46)16-28(37-27)31(24-12-14-26(32)36-24)18-3-8-21(9-4-18)48(41,42)43/h1-16,34,37H,(H,38,39,40)(H,41,42,43)(H,44,45,46). The number of halogens is 1. The summed E-state index contributed by atoms with van der Waals surface area (Å²) in [5.74, 6) is 0. The Morgan fingerprint density at radius 3 is 1.45 bits per heavy atom. The van der Waals surface area contributed by atoms with E-state index in [9.17, 15) is 38.9 Å². The van der Waals surface area contributed by atoms with Gasteiger partial charge in [0.25, 0.3) is 30.4 Å². The van der Waals surface area contributed by atoms with Crippen molar-refractivity contribution in [1.82, 2.24) is 19.9 Å². The summed E-state index contributed by atoms with van der Waals surface area (Å²) in [6.07, 6.45) is 6.90. The fourth-order valence-corrected chi connectivity index (χ4v) is 7.61. The van der Waals surface area contributed by atoms with Gasteiger partial charge in [-0.2, -0.15) is 25.3 Å². The van der Waals surface area contributed by atoms with Crippen LogP contribution in [-0.2, 0) is 30.4 Å². The van der Waals surface area contributed by atoms with Gasteiger partial charge in [-0.3, -0.25) is 13.7 Å². The number of benzene rings is 2. The average molecular weight is 782 g/mol. The minimum atomic E-state index is -4.78. The summed E-state index contributed by atoms with van der Waals surface area (Å²) in [6, 6.07) is 16.9. The van der Waals surface area contributed by atoms with Crippen molar-refractivity contribution in [2.45, 2.75) is 14.7 Å². The monoisotopic (exact) mass is 780 g/mol. The van der Waals surface area contributed by atoms with Gasteiger partial charge in [0.1, 0.15) is 4.90 Å². The normalized spacial score (nSPS) is 13.2. The summed E-state index contributed by atoms with van der Waals surface area (Å²) in [7, 11) is -13.7. The first kappa shape index (κ1) is 32.8. The van der Waals surface area contributed by atoms with Crippen molar-refractivity contribution in [3.8, 4) is 22.3 Å². The van der Waals surface area contributed by atoms with Crippen LogP contribution >= 0.6 is 15.9 Å². The Morgan fingerprint density at radius 1 is 0.510 bits per heavy atom. The fraction of sp³-hybridized carbons (Fsp3) is 0. The molecule has 0 aliphatic carbocycles. The van der Waals surface area contributed by atoms with Gasteiger partial charge in [0.05, 0.1) is 48.1 Å².